The molecule has 1 atom stereocenters. The van der Waals surface area contributed by atoms with Gasteiger partial charge in [-0.05, 0) is 31.8 Å². The maximum atomic E-state index is 11.9. The molecule has 1 aromatic carbocycles. The molecule has 0 fully saturated rings. The number of ether oxygens (including phenoxy) is 1. The van der Waals surface area contributed by atoms with Crippen LogP contribution in [0, 0.1) is 5.92 Å². The Morgan fingerprint density at radius 3 is 2.68 bits per heavy atom. The fraction of sp³-hybridized carbons (Fsp3) is 0.500. The van der Waals surface area contributed by atoms with E-state index in [2.05, 4.69) is 10.2 Å². The van der Waals surface area contributed by atoms with Gasteiger partial charge in [-0.1, -0.05) is 13.0 Å². The number of hydrogen-bond donors (Lipinski definition) is 1. The molecule has 0 aliphatic rings. The van der Waals surface area contributed by atoms with Crippen LogP contribution in [0.15, 0.2) is 18.2 Å². The average molecular weight is 285 g/mol. The highest BCUT2D eigenvalue weighted by Gasteiger charge is 2.14. The van der Waals surface area contributed by atoms with Gasteiger partial charge in [-0.25, -0.2) is 0 Å². The second-order valence-electron chi connectivity index (χ2n) is 4.82. The van der Waals surface area contributed by atoms with E-state index in [0.29, 0.717) is 17.3 Å². The monoisotopic (exact) mass is 284 g/mol. The van der Waals surface area contributed by atoms with Crippen molar-refractivity contribution in [3.8, 4) is 5.75 Å². The number of halogens is 1. The first-order valence-electron chi connectivity index (χ1n) is 6.16. The fourth-order valence-corrected chi connectivity index (χ4v) is 1.78. The zero-order valence-electron chi connectivity index (χ0n) is 11.9. The zero-order valence-corrected chi connectivity index (χ0v) is 12.6. The number of hydrogen-bond acceptors (Lipinski definition) is 3. The summed E-state index contributed by atoms with van der Waals surface area (Å²) in [6.45, 7) is 2.59. The first kappa shape index (κ1) is 15.8. The molecule has 1 unspecified atom stereocenters. The van der Waals surface area contributed by atoms with Gasteiger partial charge in [0.05, 0.1) is 12.8 Å². The largest absolute Gasteiger partial charge is 0.495 e. The molecule has 0 saturated heterocycles. The molecule has 0 aliphatic carbocycles. The summed E-state index contributed by atoms with van der Waals surface area (Å²) in [6, 6.07) is 5.77. The van der Waals surface area contributed by atoms with Gasteiger partial charge in [-0.15, -0.1) is 11.6 Å². The lowest BCUT2D eigenvalue weighted by molar-refractivity contribution is -0.118. The smallest absolute Gasteiger partial charge is 0.228 e. The number of nitrogens with one attached hydrogen (secondary N) is 1. The Hall–Kier alpha value is -1.26. The summed E-state index contributed by atoms with van der Waals surface area (Å²) in [4.78, 5) is 13.9. The second kappa shape index (κ2) is 7.36. The Morgan fingerprint density at radius 2 is 2.16 bits per heavy atom. The molecule has 1 rings (SSSR count). The van der Waals surface area contributed by atoms with E-state index in [1.165, 1.54) is 0 Å². The molecule has 0 bridgehead atoms. The van der Waals surface area contributed by atoms with Gasteiger partial charge < -0.3 is 15.0 Å². The summed E-state index contributed by atoms with van der Waals surface area (Å²) in [5.41, 5.74) is 1.79. The van der Waals surface area contributed by atoms with Crippen LogP contribution < -0.4 is 10.1 Å². The Labute approximate surface area is 119 Å². The predicted octanol–water partition coefficient (Wildman–Crippen LogP) is 2.57. The van der Waals surface area contributed by atoms with Gasteiger partial charge in [0.25, 0.3) is 0 Å². The summed E-state index contributed by atoms with van der Waals surface area (Å²) >= 11 is 5.69. The molecular weight excluding hydrogens is 264 g/mol. The molecule has 106 valence electrons. The standard InChI is InChI=1S/C14H21ClN2O2/c1-10(8-15)14(18)16-12-7-11(9-17(2)3)5-6-13(12)19-4/h5-7,10H,8-9H2,1-4H3,(H,16,18). The molecule has 4 nitrogen and oxygen atoms in total. The number of alkyl halides is 1. The molecule has 0 radical (unpaired) electrons. The Balaban J connectivity index is 2.92. The quantitative estimate of drug-likeness (QED) is 0.817. The minimum absolute atomic E-state index is 0.102. The van der Waals surface area contributed by atoms with Crippen LogP contribution in [0.3, 0.4) is 0 Å². The summed E-state index contributed by atoms with van der Waals surface area (Å²) < 4.78 is 5.26. The lowest BCUT2D eigenvalue weighted by atomic mass is 10.1. The number of carbonyl (C=O) groups is 1. The highest BCUT2D eigenvalue weighted by Crippen LogP contribution is 2.26. The van der Waals surface area contributed by atoms with Crippen LogP contribution in [0.25, 0.3) is 0 Å². The van der Waals surface area contributed by atoms with Crippen LogP contribution in [0.1, 0.15) is 12.5 Å². The fourth-order valence-electron chi connectivity index (χ4n) is 1.64. The minimum Gasteiger partial charge on any atom is -0.495 e. The second-order valence-corrected chi connectivity index (χ2v) is 5.13. The van der Waals surface area contributed by atoms with Gasteiger partial charge in [0.2, 0.25) is 5.91 Å². The van der Waals surface area contributed by atoms with Crippen molar-refractivity contribution in [1.29, 1.82) is 0 Å². The van der Waals surface area contributed by atoms with Crippen LogP contribution in [0.2, 0.25) is 0 Å². The third-order valence-corrected chi connectivity index (χ3v) is 3.16. The molecule has 19 heavy (non-hydrogen) atoms. The molecule has 0 heterocycles. The third kappa shape index (κ3) is 4.73. The van der Waals surface area contributed by atoms with Crippen molar-refractivity contribution in [2.24, 2.45) is 5.92 Å². The maximum Gasteiger partial charge on any atom is 0.228 e. The van der Waals surface area contributed by atoms with Gasteiger partial charge >= 0.3 is 0 Å². The van der Waals surface area contributed by atoms with E-state index in [1.807, 2.05) is 32.3 Å². The van der Waals surface area contributed by atoms with Gasteiger partial charge in [0, 0.05) is 18.3 Å². The van der Waals surface area contributed by atoms with Crippen LogP contribution in [0.4, 0.5) is 5.69 Å². The van der Waals surface area contributed by atoms with Crippen molar-refractivity contribution in [3.05, 3.63) is 23.8 Å². The van der Waals surface area contributed by atoms with Gasteiger partial charge in [-0.2, -0.15) is 0 Å². The number of anilines is 1. The molecular formula is C14H21ClN2O2. The van der Waals surface area contributed by atoms with E-state index in [0.717, 1.165) is 12.1 Å². The SMILES string of the molecule is COc1ccc(CN(C)C)cc1NC(=O)C(C)CCl. The van der Waals surface area contributed by atoms with Crippen molar-refractivity contribution in [2.75, 3.05) is 32.4 Å². The Bertz CT molecular complexity index is 435. The number of carbonyl (C=O) groups excluding carboxylic acids is 1. The third-order valence-electron chi connectivity index (χ3n) is 2.70. The van der Waals surface area contributed by atoms with Crippen LogP contribution in [-0.2, 0) is 11.3 Å². The molecule has 1 aromatic rings. The number of amides is 1. The van der Waals surface area contributed by atoms with Gasteiger partial charge in [-0.3, -0.25) is 4.79 Å². The van der Waals surface area contributed by atoms with E-state index in [1.54, 1.807) is 14.0 Å². The first-order chi connectivity index (χ1) is 8.97. The van der Waals surface area contributed by atoms with Crippen molar-refractivity contribution in [1.82, 2.24) is 4.90 Å². The molecule has 0 saturated carbocycles. The lowest BCUT2D eigenvalue weighted by Crippen LogP contribution is -2.22. The maximum absolute atomic E-state index is 11.9. The van der Waals surface area contributed by atoms with Crippen LogP contribution >= 0.6 is 11.6 Å². The summed E-state index contributed by atoms with van der Waals surface area (Å²) in [5.74, 6) is 0.614. The minimum atomic E-state index is -0.233. The number of rotatable bonds is 6. The van der Waals surface area contributed by atoms with E-state index >= 15 is 0 Å². The number of nitrogens with zero attached hydrogens (tertiary/aromatic N) is 1. The van der Waals surface area contributed by atoms with E-state index < -0.39 is 0 Å². The Morgan fingerprint density at radius 1 is 1.47 bits per heavy atom. The average Bonchev–Trinajstić information content (AvgIpc) is 2.37. The van der Waals surface area contributed by atoms with E-state index in [4.69, 9.17) is 16.3 Å². The van der Waals surface area contributed by atoms with Crippen LogP contribution in [0.5, 0.6) is 5.75 Å². The molecule has 5 heteroatoms. The van der Waals surface area contributed by atoms with Crippen molar-refractivity contribution < 1.29 is 9.53 Å². The number of methoxy groups -OCH3 is 1. The molecule has 0 spiro atoms. The lowest BCUT2D eigenvalue weighted by Gasteiger charge is -2.15. The highest BCUT2D eigenvalue weighted by atomic mass is 35.5. The summed E-state index contributed by atoms with van der Waals surface area (Å²) in [5, 5.41) is 2.86. The normalized spacial score (nSPS) is 12.3. The summed E-state index contributed by atoms with van der Waals surface area (Å²) in [6.07, 6.45) is 0. The van der Waals surface area contributed by atoms with Gasteiger partial charge in [0.15, 0.2) is 0 Å². The highest BCUT2D eigenvalue weighted by molar-refractivity contribution is 6.19. The van der Waals surface area contributed by atoms with Gasteiger partial charge in [0.1, 0.15) is 5.75 Å². The first-order valence-corrected chi connectivity index (χ1v) is 6.69. The van der Waals surface area contributed by atoms with E-state index in [-0.39, 0.29) is 11.8 Å². The molecule has 0 aliphatic heterocycles. The zero-order chi connectivity index (χ0) is 14.4. The van der Waals surface area contributed by atoms with Crippen LogP contribution in [-0.4, -0.2) is 37.9 Å². The molecule has 0 aromatic heterocycles. The van der Waals surface area contributed by atoms with Crippen molar-refractivity contribution in [2.45, 2.75) is 13.5 Å². The Kier molecular flexibility index (Phi) is 6.12. The van der Waals surface area contributed by atoms with Crippen molar-refractivity contribution in [3.63, 3.8) is 0 Å². The molecule has 1 amide bonds. The predicted molar refractivity (Wildman–Crippen MR) is 78.9 cm³/mol. The topological polar surface area (TPSA) is 41.6 Å². The number of benzene rings is 1. The van der Waals surface area contributed by atoms with E-state index in [9.17, 15) is 4.79 Å². The summed E-state index contributed by atoms with van der Waals surface area (Å²) in [7, 11) is 5.58. The molecule has 1 N–H and O–H groups in total. The van der Waals surface area contributed by atoms with Crippen molar-refractivity contribution >= 4 is 23.2 Å².